The van der Waals surface area contributed by atoms with Gasteiger partial charge in [-0.25, -0.2) is 4.79 Å². The minimum atomic E-state index is -0.518. The Morgan fingerprint density at radius 2 is 2.24 bits per heavy atom. The van der Waals surface area contributed by atoms with Gasteiger partial charge in [-0.05, 0) is 64.3 Å². The van der Waals surface area contributed by atoms with Crippen molar-refractivity contribution in [1.29, 1.82) is 0 Å². The van der Waals surface area contributed by atoms with Gasteiger partial charge >= 0.3 is 6.09 Å². The van der Waals surface area contributed by atoms with Crippen LogP contribution in [0.4, 0.5) is 10.5 Å². The smallest absolute Gasteiger partial charge is 0.412 e. The van der Waals surface area contributed by atoms with Gasteiger partial charge in [0.15, 0.2) is 0 Å². The highest BCUT2D eigenvalue weighted by molar-refractivity contribution is 6.31. The number of benzene rings is 1. The highest BCUT2D eigenvalue weighted by atomic mass is 35.5. The lowest BCUT2D eigenvalue weighted by molar-refractivity contribution is 0.0636. The van der Waals surface area contributed by atoms with Crippen molar-refractivity contribution in [3.8, 4) is 0 Å². The number of rotatable bonds is 3. The van der Waals surface area contributed by atoms with Crippen molar-refractivity contribution >= 4 is 23.4 Å². The SMILES string of the molecule is CC(C)(C)OC(=O)Nc1cc(Cl)ccc1CC1CCCN1. The number of carbonyl (C=O) groups is 1. The first kappa shape index (κ1) is 16.1. The van der Waals surface area contributed by atoms with E-state index in [4.69, 9.17) is 16.3 Å². The van der Waals surface area contributed by atoms with Crippen LogP contribution in [0.15, 0.2) is 18.2 Å². The third-order valence-corrected chi connectivity index (χ3v) is 3.57. The molecule has 1 atom stereocenters. The minimum absolute atomic E-state index is 0.453. The molecule has 5 heteroatoms. The van der Waals surface area contributed by atoms with Crippen molar-refractivity contribution in [1.82, 2.24) is 5.32 Å². The van der Waals surface area contributed by atoms with Crippen LogP contribution in [0.25, 0.3) is 0 Å². The molecule has 0 saturated carbocycles. The van der Waals surface area contributed by atoms with E-state index in [-0.39, 0.29) is 0 Å². The van der Waals surface area contributed by atoms with Crippen LogP contribution in [0.2, 0.25) is 5.02 Å². The Bertz CT molecular complexity index is 505. The summed E-state index contributed by atoms with van der Waals surface area (Å²) in [5, 5.41) is 6.87. The molecule has 1 heterocycles. The Kier molecular flexibility index (Phi) is 5.12. The predicted molar refractivity (Wildman–Crippen MR) is 86.0 cm³/mol. The average Bonchev–Trinajstić information content (AvgIpc) is 2.83. The lowest BCUT2D eigenvalue weighted by Gasteiger charge is -2.21. The van der Waals surface area contributed by atoms with Gasteiger partial charge in [0, 0.05) is 16.8 Å². The molecule has 1 aromatic rings. The summed E-state index contributed by atoms with van der Waals surface area (Å²) in [6, 6.07) is 6.06. The Balaban J connectivity index is 2.09. The fraction of sp³-hybridized carbons (Fsp3) is 0.562. The number of hydrogen-bond acceptors (Lipinski definition) is 3. The molecule has 2 rings (SSSR count). The zero-order valence-corrected chi connectivity index (χ0v) is 13.6. The first-order valence-electron chi connectivity index (χ1n) is 7.35. The van der Waals surface area contributed by atoms with Crippen LogP contribution in [0, 0.1) is 0 Å². The van der Waals surface area contributed by atoms with Crippen LogP contribution in [-0.2, 0) is 11.2 Å². The molecular weight excluding hydrogens is 288 g/mol. The van der Waals surface area contributed by atoms with E-state index in [1.807, 2.05) is 32.9 Å². The summed E-state index contributed by atoms with van der Waals surface area (Å²) >= 11 is 6.04. The van der Waals surface area contributed by atoms with E-state index in [2.05, 4.69) is 10.6 Å². The Labute approximate surface area is 131 Å². The van der Waals surface area contributed by atoms with Gasteiger partial charge in [-0.1, -0.05) is 17.7 Å². The maximum Gasteiger partial charge on any atom is 0.412 e. The Morgan fingerprint density at radius 1 is 1.48 bits per heavy atom. The van der Waals surface area contributed by atoms with E-state index >= 15 is 0 Å². The van der Waals surface area contributed by atoms with Crippen molar-refractivity contribution in [2.75, 3.05) is 11.9 Å². The van der Waals surface area contributed by atoms with Gasteiger partial charge in [-0.15, -0.1) is 0 Å². The van der Waals surface area contributed by atoms with Gasteiger partial charge in [0.25, 0.3) is 0 Å². The molecule has 1 aromatic carbocycles. The number of nitrogens with one attached hydrogen (secondary N) is 2. The topological polar surface area (TPSA) is 50.4 Å². The molecule has 1 unspecified atom stereocenters. The van der Waals surface area contributed by atoms with Crippen molar-refractivity contribution in [3.05, 3.63) is 28.8 Å². The lowest BCUT2D eigenvalue weighted by atomic mass is 10.0. The van der Waals surface area contributed by atoms with Crippen molar-refractivity contribution < 1.29 is 9.53 Å². The standard InChI is InChI=1S/C16H23ClN2O2/c1-16(2,3)21-15(20)19-14-10-12(17)7-6-11(14)9-13-5-4-8-18-13/h6-7,10,13,18H,4-5,8-9H2,1-3H3,(H,19,20). The molecular formula is C16H23ClN2O2. The van der Waals surface area contributed by atoms with E-state index in [1.54, 1.807) is 6.07 Å². The summed E-state index contributed by atoms with van der Waals surface area (Å²) in [4.78, 5) is 11.9. The van der Waals surface area contributed by atoms with Gasteiger partial charge in [0.2, 0.25) is 0 Å². The average molecular weight is 311 g/mol. The van der Waals surface area contributed by atoms with Crippen molar-refractivity contribution in [3.63, 3.8) is 0 Å². The summed E-state index contributed by atoms with van der Waals surface area (Å²) in [5.41, 5.74) is 1.28. The third kappa shape index (κ3) is 5.21. The molecule has 1 aliphatic heterocycles. The predicted octanol–water partition coefficient (Wildman–Crippen LogP) is 3.98. The first-order chi connectivity index (χ1) is 9.83. The number of ether oxygens (including phenoxy) is 1. The molecule has 0 radical (unpaired) electrons. The van der Waals surface area contributed by atoms with E-state index in [0.717, 1.165) is 30.6 Å². The second-order valence-electron chi connectivity index (χ2n) is 6.43. The van der Waals surface area contributed by atoms with E-state index in [1.165, 1.54) is 6.42 Å². The van der Waals surface area contributed by atoms with Crippen molar-refractivity contribution in [2.24, 2.45) is 0 Å². The summed E-state index contributed by atoms with van der Waals surface area (Å²) in [6.45, 7) is 6.59. The number of hydrogen-bond donors (Lipinski definition) is 2. The molecule has 21 heavy (non-hydrogen) atoms. The molecule has 1 saturated heterocycles. The summed E-state index contributed by atoms with van der Waals surface area (Å²) < 4.78 is 5.30. The first-order valence-corrected chi connectivity index (χ1v) is 7.73. The number of amides is 1. The van der Waals surface area contributed by atoms with Crippen LogP contribution in [0.1, 0.15) is 39.2 Å². The van der Waals surface area contributed by atoms with Crippen LogP contribution >= 0.6 is 11.6 Å². The van der Waals surface area contributed by atoms with Crippen molar-refractivity contribution in [2.45, 2.75) is 51.7 Å². The second-order valence-corrected chi connectivity index (χ2v) is 6.86. The zero-order valence-electron chi connectivity index (χ0n) is 12.8. The quantitative estimate of drug-likeness (QED) is 0.887. The monoisotopic (exact) mass is 310 g/mol. The van der Waals surface area contributed by atoms with Gasteiger partial charge < -0.3 is 10.1 Å². The van der Waals surface area contributed by atoms with Crippen LogP contribution in [0.3, 0.4) is 0 Å². The van der Waals surface area contributed by atoms with Gasteiger partial charge in [0.1, 0.15) is 5.60 Å². The summed E-state index contributed by atoms with van der Waals surface area (Å²) in [5.74, 6) is 0. The molecule has 0 aliphatic carbocycles. The highest BCUT2D eigenvalue weighted by Crippen LogP contribution is 2.24. The number of carbonyl (C=O) groups excluding carboxylic acids is 1. The van der Waals surface area contributed by atoms with Crippen LogP contribution < -0.4 is 10.6 Å². The fourth-order valence-electron chi connectivity index (χ4n) is 2.45. The molecule has 1 aliphatic rings. The van der Waals surface area contributed by atoms with Gasteiger partial charge in [-0.3, -0.25) is 5.32 Å². The molecule has 0 spiro atoms. The normalized spacial score (nSPS) is 18.6. The van der Waals surface area contributed by atoms with Crippen LogP contribution in [0.5, 0.6) is 0 Å². The maximum absolute atomic E-state index is 11.9. The zero-order chi connectivity index (χ0) is 15.5. The fourth-order valence-corrected chi connectivity index (χ4v) is 2.63. The van der Waals surface area contributed by atoms with E-state index < -0.39 is 11.7 Å². The molecule has 1 amide bonds. The minimum Gasteiger partial charge on any atom is -0.444 e. The number of halogens is 1. The molecule has 1 fully saturated rings. The third-order valence-electron chi connectivity index (χ3n) is 3.34. The van der Waals surface area contributed by atoms with Crippen LogP contribution in [-0.4, -0.2) is 24.3 Å². The molecule has 2 N–H and O–H groups in total. The van der Waals surface area contributed by atoms with Gasteiger partial charge in [-0.2, -0.15) is 0 Å². The number of anilines is 1. The Hall–Kier alpha value is -1.26. The molecule has 4 nitrogen and oxygen atoms in total. The molecule has 0 aromatic heterocycles. The van der Waals surface area contributed by atoms with E-state index in [0.29, 0.717) is 11.1 Å². The highest BCUT2D eigenvalue weighted by Gasteiger charge is 2.19. The Morgan fingerprint density at radius 3 is 2.86 bits per heavy atom. The summed E-state index contributed by atoms with van der Waals surface area (Å²) in [6.07, 6.45) is 2.79. The molecule has 116 valence electrons. The van der Waals surface area contributed by atoms with E-state index in [9.17, 15) is 4.79 Å². The molecule has 0 bridgehead atoms. The lowest BCUT2D eigenvalue weighted by Crippen LogP contribution is -2.28. The second kappa shape index (κ2) is 6.67. The largest absolute Gasteiger partial charge is 0.444 e. The van der Waals surface area contributed by atoms with Gasteiger partial charge in [0.05, 0.1) is 0 Å². The summed E-state index contributed by atoms with van der Waals surface area (Å²) in [7, 11) is 0. The maximum atomic E-state index is 11.9.